The number of aromatic amines is 1. The first-order valence-corrected chi connectivity index (χ1v) is 8.87. The standard InChI is InChI=1S/C18H20F2N6O/c1-11(2)27-16-7-12-14(9-21-16)24-25-17(12)13-8-15(23-10-22-13)26-5-3-18(19,20)4-6-26/h7-11H,3-6H2,1-2H3,(H,24,25). The van der Waals surface area contributed by atoms with Gasteiger partial charge in [0.05, 0.1) is 23.5 Å². The second-order valence-electron chi connectivity index (χ2n) is 6.91. The predicted molar refractivity (Wildman–Crippen MR) is 97.1 cm³/mol. The van der Waals surface area contributed by atoms with Crippen LogP contribution in [0.4, 0.5) is 14.6 Å². The van der Waals surface area contributed by atoms with Crippen molar-refractivity contribution in [2.24, 2.45) is 0 Å². The van der Waals surface area contributed by atoms with E-state index in [1.165, 1.54) is 6.33 Å². The summed E-state index contributed by atoms with van der Waals surface area (Å²) < 4.78 is 32.5. The zero-order chi connectivity index (χ0) is 19.0. The molecule has 0 unspecified atom stereocenters. The van der Waals surface area contributed by atoms with Gasteiger partial charge in [0.2, 0.25) is 5.88 Å². The van der Waals surface area contributed by atoms with E-state index in [-0.39, 0.29) is 32.0 Å². The lowest BCUT2D eigenvalue weighted by Gasteiger charge is -2.32. The fourth-order valence-corrected chi connectivity index (χ4v) is 3.11. The number of hydrogen-bond acceptors (Lipinski definition) is 6. The Kier molecular flexibility index (Phi) is 4.37. The highest BCUT2D eigenvalue weighted by Gasteiger charge is 2.34. The Morgan fingerprint density at radius 2 is 1.93 bits per heavy atom. The highest BCUT2D eigenvalue weighted by Crippen LogP contribution is 2.32. The summed E-state index contributed by atoms with van der Waals surface area (Å²) >= 11 is 0. The van der Waals surface area contributed by atoms with Gasteiger partial charge in [-0.3, -0.25) is 5.10 Å². The zero-order valence-corrected chi connectivity index (χ0v) is 15.1. The highest BCUT2D eigenvalue weighted by molar-refractivity contribution is 5.92. The number of hydrogen-bond donors (Lipinski definition) is 1. The summed E-state index contributed by atoms with van der Waals surface area (Å²) in [5, 5.41) is 8.11. The summed E-state index contributed by atoms with van der Waals surface area (Å²) in [5.74, 6) is -1.46. The van der Waals surface area contributed by atoms with Gasteiger partial charge in [0.25, 0.3) is 5.92 Å². The second kappa shape index (κ2) is 6.71. The van der Waals surface area contributed by atoms with Crippen LogP contribution in [0.2, 0.25) is 0 Å². The maximum absolute atomic E-state index is 13.4. The van der Waals surface area contributed by atoms with Crippen molar-refractivity contribution < 1.29 is 13.5 Å². The van der Waals surface area contributed by atoms with Crippen molar-refractivity contribution in [1.82, 2.24) is 25.1 Å². The number of aromatic nitrogens is 5. The van der Waals surface area contributed by atoms with Gasteiger partial charge in [-0.1, -0.05) is 0 Å². The van der Waals surface area contributed by atoms with Crippen molar-refractivity contribution in [3.8, 4) is 17.3 Å². The van der Waals surface area contributed by atoms with Crippen molar-refractivity contribution in [2.45, 2.75) is 38.7 Å². The van der Waals surface area contributed by atoms with Crippen LogP contribution in [0.5, 0.6) is 5.88 Å². The molecule has 4 heterocycles. The molecule has 0 atom stereocenters. The third-order valence-electron chi connectivity index (χ3n) is 4.49. The van der Waals surface area contributed by atoms with Gasteiger partial charge in [-0.2, -0.15) is 5.10 Å². The molecule has 0 saturated carbocycles. The maximum atomic E-state index is 13.4. The van der Waals surface area contributed by atoms with Crippen LogP contribution < -0.4 is 9.64 Å². The molecule has 3 aromatic heterocycles. The van der Waals surface area contributed by atoms with E-state index in [0.717, 1.165) is 10.9 Å². The molecule has 7 nitrogen and oxygen atoms in total. The minimum absolute atomic E-state index is 0.00758. The van der Waals surface area contributed by atoms with Gasteiger partial charge in [0.1, 0.15) is 17.8 Å². The topological polar surface area (TPSA) is 79.8 Å². The van der Waals surface area contributed by atoms with Crippen LogP contribution in [0.15, 0.2) is 24.7 Å². The van der Waals surface area contributed by atoms with Gasteiger partial charge in [-0.05, 0) is 13.8 Å². The van der Waals surface area contributed by atoms with Gasteiger partial charge in [0.15, 0.2) is 0 Å². The van der Waals surface area contributed by atoms with E-state index in [1.54, 1.807) is 12.3 Å². The van der Waals surface area contributed by atoms with Crippen molar-refractivity contribution in [2.75, 3.05) is 18.0 Å². The molecule has 27 heavy (non-hydrogen) atoms. The number of rotatable bonds is 4. The van der Waals surface area contributed by atoms with Crippen LogP contribution >= 0.6 is 0 Å². The fraction of sp³-hybridized carbons (Fsp3) is 0.444. The zero-order valence-electron chi connectivity index (χ0n) is 15.1. The number of H-pyrrole nitrogens is 1. The number of ether oxygens (including phenoxy) is 1. The molecule has 0 spiro atoms. The van der Waals surface area contributed by atoms with Gasteiger partial charge >= 0.3 is 0 Å². The van der Waals surface area contributed by atoms with Crippen molar-refractivity contribution in [1.29, 1.82) is 0 Å². The van der Waals surface area contributed by atoms with Crippen LogP contribution in [-0.4, -0.2) is 50.3 Å². The quantitative estimate of drug-likeness (QED) is 0.754. The van der Waals surface area contributed by atoms with Crippen LogP contribution in [0.25, 0.3) is 22.3 Å². The Labute approximate surface area is 154 Å². The Morgan fingerprint density at radius 3 is 2.67 bits per heavy atom. The maximum Gasteiger partial charge on any atom is 0.251 e. The van der Waals surface area contributed by atoms with E-state index in [0.29, 0.717) is 23.1 Å². The number of alkyl halides is 2. The highest BCUT2D eigenvalue weighted by atomic mass is 19.3. The third-order valence-corrected chi connectivity index (χ3v) is 4.49. The fourth-order valence-electron chi connectivity index (χ4n) is 3.11. The molecule has 0 radical (unpaired) electrons. The second-order valence-corrected chi connectivity index (χ2v) is 6.91. The molecule has 9 heteroatoms. The number of pyridine rings is 1. The Hall–Kier alpha value is -2.84. The molecule has 0 amide bonds. The minimum atomic E-state index is -2.59. The number of nitrogens with zero attached hydrogens (tertiary/aromatic N) is 5. The molecule has 1 saturated heterocycles. The molecule has 3 aromatic rings. The first kappa shape index (κ1) is 17.6. The average Bonchev–Trinajstić information content (AvgIpc) is 3.04. The normalized spacial score (nSPS) is 16.9. The summed E-state index contributed by atoms with van der Waals surface area (Å²) in [6, 6.07) is 3.60. The monoisotopic (exact) mass is 374 g/mol. The van der Waals surface area contributed by atoms with Crippen LogP contribution in [0.1, 0.15) is 26.7 Å². The molecule has 1 aliphatic rings. The molecule has 4 rings (SSSR count). The lowest BCUT2D eigenvalue weighted by atomic mass is 10.1. The van der Waals surface area contributed by atoms with E-state index >= 15 is 0 Å². The molecule has 0 aromatic carbocycles. The first-order valence-electron chi connectivity index (χ1n) is 8.87. The third kappa shape index (κ3) is 3.67. The molecule has 1 fully saturated rings. The van der Waals surface area contributed by atoms with Crippen LogP contribution in [-0.2, 0) is 0 Å². The summed E-state index contributed by atoms with van der Waals surface area (Å²) in [6.07, 6.45) is 2.77. The van der Waals surface area contributed by atoms with Crippen molar-refractivity contribution in [3.05, 3.63) is 24.7 Å². The Bertz CT molecular complexity index is 948. The summed E-state index contributed by atoms with van der Waals surface area (Å²) in [5.41, 5.74) is 2.02. The molecule has 142 valence electrons. The largest absolute Gasteiger partial charge is 0.475 e. The number of fused-ring (bicyclic) bond motifs is 1. The molecular weight excluding hydrogens is 354 g/mol. The van der Waals surface area contributed by atoms with E-state index in [1.807, 2.05) is 24.8 Å². The number of nitrogens with one attached hydrogen (secondary N) is 1. The first-order chi connectivity index (χ1) is 12.9. The predicted octanol–water partition coefficient (Wildman–Crippen LogP) is 3.44. The summed E-state index contributed by atoms with van der Waals surface area (Å²) in [6.45, 7) is 4.39. The van der Waals surface area contributed by atoms with Gasteiger partial charge in [-0.25, -0.2) is 23.7 Å². The Morgan fingerprint density at radius 1 is 1.15 bits per heavy atom. The van der Waals surface area contributed by atoms with Gasteiger partial charge in [-0.15, -0.1) is 0 Å². The number of halogens is 2. The average molecular weight is 374 g/mol. The number of anilines is 1. The molecule has 1 aliphatic heterocycles. The lowest BCUT2D eigenvalue weighted by Crippen LogP contribution is -2.39. The number of piperidine rings is 1. The van der Waals surface area contributed by atoms with Crippen LogP contribution in [0.3, 0.4) is 0 Å². The molecular formula is C18H20F2N6O. The van der Waals surface area contributed by atoms with Crippen LogP contribution in [0, 0.1) is 0 Å². The van der Waals surface area contributed by atoms with E-state index in [4.69, 9.17) is 4.74 Å². The van der Waals surface area contributed by atoms with E-state index < -0.39 is 5.92 Å². The summed E-state index contributed by atoms with van der Waals surface area (Å²) in [7, 11) is 0. The minimum Gasteiger partial charge on any atom is -0.475 e. The smallest absolute Gasteiger partial charge is 0.251 e. The lowest BCUT2D eigenvalue weighted by molar-refractivity contribution is -0.0221. The molecule has 0 bridgehead atoms. The van der Waals surface area contributed by atoms with E-state index in [9.17, 15) is 8.78 Å². The molecule has 1 N–H and O–H groups in total. The van der Waals surface area contributed by atoms with Crippen molar-refractivity contribution >= 4 is 16.7 Å². The molecule has 0 aliphatic carbocycles. The van der Waals surface area contributed by atoms with Gasteiger partial charge in [0, 0.05) is 43.5 Å². The van der Waals surface area contributed by atoms with Crippen molar-refractivity contribution in [3.63, 3.8) is 0 Å². The van der Waals surface area contributed by atoms with E-state index in [2.05, 4.69) is 25.1 Å². The Balaban J connectivity index is 1.66. The SMILES string of the molecule is CC(C)Oc1cc2c(-c3cc(N4CCC(F)(F)CC4)ncn3)n[nH]c2cn1. The van der Waals surface area contributed by atoms with Gasteiger partial charge < -0.3 is 9.64 Å². The summed E-state index contributed by atoms with van der Waals surface area (Å²) in [4.78, 5) is 14.7.